The van der Waals surface area contributed by atoms with Crippen LogP contribution in [0.15, 0.2) is 28.2 Å². The SMILES string of the molecule is CC(C)c1cc(N=C=S)ccc1N=C=S. The number of thiocarbonyl (C=S) groups is 2. The second-order valence-electron chi connectivity index (χ2n) is 3.30. The van der Waals surface area contributed by atoms with E-state index in [-0.39, 0.29) is 0 Å². The average Bonchev–Trinajstić information content (AvgIpc) is 2.21. The van der Waals surface area contributed by atoms with Crippen molar-refractivity contribution in [3.63, 3.8) is 0 Å². The molecule has 0 fully saturated rings. The molecule has 0 radical (unpaired) electrons. The molecule has 0 N–H and O–H groups in total. The van der Waals surface area contributed by atoms with Crippen molar-refractivity contribution in [2.75, 3.05) is 0 Å². The maximum atomic E-state index is 4.60. The molecular formula is C11H10N2S2. The molecule has 76 valence electrons. The van der Waals surface area contributed by atoms with Crippen LogP contribution in [0, 0.1) is 0 Å². The lowest BCUT2D eigenvalue weighted by molar-refractivity contribution is 0.867. The Morgan fingerprint density at radius 2 is 1.80 bits per heavy atom. The smallest absolute Gasteiger partial charge is 0.0775 e. The Hall–Kier alpha value is -1.18. The zero-order chi connectivity index (χ0) is 11.3. The minimum absolute atomic E-state index is 0.354. The summed E-state index contributed by atoms with van der Waals surface area (Å²) in [6, 6.07) is 5.63. The van der Waals surface area contributed by atoms with Gasteiger partial charge in [-0.25, -0.2) is 0 Å². The zero-order valence-corrected chi connectivity index (χ0v) is 10.2. The third-order valence-corrected chi connectivity index (χ3v) is 2.16. The summed E-state index contributed by atoms with van der Waals surface area (Å²) in [7, 11) is 0. The molecule has 1 aromatic carbocycles. The first-order valence-corrected chi connectivity index (χ1v) is 5.30. The number of aliphatic imine (C=N–C) groups is 2. The lowest BCUT2D eigenvalue weighted by Gasteiger charge is -2.08. The Morgan fingerprint density at radius 1 is 1.13 bits per heavy atom. The van der Waals surface area contributed by atoms with E-state index in [4.69, 9.17) is 0 Å². The van der Waals surface area contributed by atoms with Crippen molar-refractivity contribution in [2.24, 2.45) is 9.98 Å². The fourth-order valence-corrected chi connectivity index (χ4v) is 1.48. The van der Waals surface area contributed by atoms with Crippen molar-refractivity contribution in [1.29, 1.82) is 0 Å². The first-order valence-electron chi connectivity index (χ1n) is 4.48. The van der Waals surface area contributed by atoms with E-state index < -0.39 is 0 Å². The molecular weight excluding hydrogens is 224 g/mol. The van der Waals surface area contributed by atoms with Gasteiger partial charge in [-0.2, -0.15) is 9.98 Å². The monoisotopic (exact) mass is 234 g/mol. The van der Waals surface area contributed by atoms with Gasteiger partial charge in [0.1, 0.15) is 0 Å². The van der Waals surface area contributed by atoms with Crippen LogP contribution >= 0.6 is 24.4 Å². The van der Waals surface area contributed by atoms with E-state index in [9.17, 15) is 0 Å². The third-order valence-electron chi connectivity index (χ3n) is 1.97. The molecule has 0 bridgehead atoms. The Morgan fingerprint density at radius 3 is 2.33 bits per heavy atom. The van der Waals surface area contributed by atoms with E-state index in [0.29, 0.717) is 5.92 Å². The van der Waals surface area contributed by atoms with Gasteiger partial charge in [0.25, 0.3) is 0 Å². The molecule has 0 aliphatic carbocycles. The lowest BCUT2D eigenvalue weighted by Crippen LogP contribution is -1.87. The van der Waals surface area contributed by atoms with Crippen LogP contribution in [0.3, 0.4) is 0 Å². The average molecular weight is 234 g/mol. The Balaban J connectivity index is 3.32. The van der Waals surface area contributed by atoms with E-state index in [1.807, 2.05) is 18.2 Å². The van der Waals surface area contributed by atoms with E-state index in [2.05, 4.69) is 58.6 Å². The zero-order valence-electron chi connectivity index (χ0n) is 8.52. The van der Waals surface area contributed by atoms with E-state index in [0.717, 1.165) is 16.9 Å². The van der Waals surface area contributed by atoms with Crippen molar-refractivity contribution in [3.05, 3.63) is 23.8 Å². The summed E-state index contributed by atoms with van der Waals surface area (Å²) in [6.07, 6.45) is 0. The number of isothiocyanates is 2. The first-order chi connectivity index (χ1) is 7.19. The molecule has 15 heavy (non-hydrogen) atoms. The molecule has 4 heteroatoms. The van der Waals surface area contributed by atoms with Crippen molar-refractivity contribution in [1.82, 2.24) is 0 Å². The van der Waals surface area contributed by atoms with Crippen LogP contribution in [-0.2, 0) is 0 Å². The van der Waals surface area contributed by atoms with Gasteiger partial charge in [-0.15, -0.1) is 0 Å². The Bertz CT molecular complexity index is 454. The van der Waals surface area contributed by atoms with Crippen LogP contribution in [0.25, 0.3) is 0 Å². The fourth-order valence-electron chi connectivity index (χ4n) is 1.28. The standard InChI is InChI=1S/C11H10N2S2/c1-8(2)10-5-9(12-6-14)3-4-11(10)13-7-15/h3-5,8H,1-2H3. The summed E-state index contributed by atoms with van der Waals surface area (Å²) in [6.45, 7) is 4.17. The van der Waals surface area contributed by atoms with E-state index in [1.54, 1.807) is 0 Å². The van der Waals surface area contributed by atoms with Gasteiger partial charge in [-0.05, 0) is 54.1 Å². The molecule has 1 rings (SSSR count). The summed E-state index contributed by atoms with van der Waals surface area (Å²) >= 11 is 9.15. The molecule has 0 spiro atoms. The van der Waals surface area contributed by atoms with Gasteiger partial charge in [0, 0.05) is 0 Å². The molecule has 0 amide bonds. The van der Waals surface area contributed by atoms with Gasteiger partial charge < -0.3 is 0 Å². The van der Waals surface area contributed by atoms with Crippen LogP contribution < -0.4 is 0 Å². The number of rotatable bonds is 3. The van der Waals surface area contributed by atoms with Gasteiger partial charge in [-0.3, -0.25) is 0 Å². The van der Waals surface area contributed by atoms with Gasteiger partial charge in [0.2, 0.25) is 0 Å². The number of benzene rings is 1. The molecule has 1 aromatic rings. The van der Waals surface area contributed by atoms with Crippen LogP contribution in [0.2, 0.25) is 0 Å². The molecule has 2 nitrogen and oxygen atoms in total. The highest BCUT2D eigenvalue weighted by atomic mass is 32.1. The highest BCUT2D eigenvalue weighted by Crippen LogP contribution is 2.30. The second kappa shape index (κ2) is 5.64. The summed E-state index contributed by atoms with van der Waals surface area (Å²) in [5.74, 6) is 0.354. The highest BCUT2D eigenvalue weighted by Gasteiger charge is 2.06. The number of hydrogen-bond donors (Lipinski definition) is 0. The summed E-state index contributed by atoms with van der Waals surface area (Å²) < 4.78 is 0. The first kappa shape index (κ1) is 11.9. The predicted octanol–water partition coefficient (Wildman–Crippen LogP) is 4.28. The van der Waals surface area contributed by atoms with Crippen LogP contribution in [-0.4, -0.2) is 10.3 Å². The summed E-state index contributed by atoms with van der Waals surface area (Å²) in [5.41, 5.74) is 2.71. The highest BCUT2D eigenvalue weighted by molar-refractivity contribution is 7.78. The molecule has 0 atom stereocenters. The molecule has 0 heterocycles. The van der Waals surface area contributed by atoms with E-state index >= 15 is 0 Å². The minimum atomic E-state index is 0.354. The van der Waals surface area contributed by atoms with Crippen molar-refractivity contribution < 1.29 is 0 Å². The molecule has 0 saturated carbocycles. The van der Waals surface area contributed by atoms with Crippen LogP contribution in [0.1, 0.15) is 25.3 Å². The fraction of sp³-hybridized carbons (Fsp3) is 0.273. The lowest BCUT2D eigenvalue weighted by atomic mass is 10.0. The van der Waals surface area contributed by atoms with Crippen LogP contribution in [0.4, 0.5) is 11.4 Å². The quantitative estimate of drug-likeness (QED) is 0.576. The van der Waals surface area contributed by atoms with Gasteiger partial charge in [0.05, 0.1) is 21.7 Å². The van der Waals surface area contributed by atoms with Gasteiger partial charge >= 0.3 is 0 Å². The van der Waals surface area contributed by atoms with Crippen molar-refractivity contribution in [3.8, 4) is 0 Å². The van der Waals surface area contributed by atoms with Gasteiger partial charge in [0.15, 0.2) is 0 Å². The Labute approximate surface area is 99.8 Å². The molecule has 0 aliphatic heterocycles. The maximum absolute atomic E-state index is 4.60. The molecule has 0 aliphatic rings. The normalized spacial score (nSPS) is 9.27. The van der Waals surface area contributed by atoms with E-state index in [1.165, 1.54) is 0 Å². The third kappa shape index (κ3) is 3.15. The Kier molecular flexibility index (Phi) is 4.47. The second-order valence-corrected chi connectivity index (χ2v) is 3.67. The predicted molar refractivity (Wildman–Crippen MR) is 69.9 cm³/mol. The summed E-state index contributed by atoms with van der Waals surface area (Å²) in [5, 5.41) is 4.72. The van der Waals surface area contributed by atoms with Crippen molar-refractivity contribution in [2.45, 2.75) is 19.8 Å². The number of hydrogen-bond acceptors (Lipinski definition) is 4. The number of nitrogens with zero attached hydrogens (tertiary/aromatic N) is 2. The maximum Gasteiger partial charge on any atom is 0.0775 e. The summed E-state index contributed by atoms with van der Waals surface area (Å²) in [4.78, 5) is 7.93. The topological polar surface area (TPSA) is 24.7 Å². The largest absolute Gasteiger partial charge is 0.195 e. The van der Waals surface area contributed by atoms with Gasteiger partial charge in [-0.1, -0.05) is 13.8 Å². The molecule has 0 saturated heterocycles. The molecule has 0 unspecified atom stereocenters. The van der Waals surface area contributed by atoms with Crippen molar-refractivity contribution >= 4 is 46.1 Å². The minimum Gasteiger partial charge on any atom is -0.195 e. The molecule has 0 aromatic heterocycles. The van der Waals surface area contributed by atoms with Crippen LogP contribution in [0.5, 0.6) is 0 Å².